The Hall–Kier alpha value is -1.62. The summed E-state index contributed by atoms with van der Waals surface area (Å²) in [5.41, 5.74) is 2.31. The molecular weight excluding hydrogens is 312 g/mol. The van der Waals surface area contributed by atoms with E-state index in [1.807, 2.05) is 0 Å². The van der Waals surface area contributed by atoms with Crippen LogP contribution >= 0.6 is 0 Å². The lowest BCUT2D eigenvalue weighted by atomic mass is 9.85. The Labute approximate surface area is 150 Å². The number of aryl methyl sites for hydroxylation is 1. The van der Waals surface area contributed by atoms with Gasteiger partial charge in [-0.3, -0.25) is 14.4 Å². The third-order valence-corrected chi connectivity index (χ3v) is 5.96. The van der Waals surface area contributed by atoms with Gasteiger partial charge in [0, 0.05) is 32.1 Å². The summed E-state index contributed by atoms with van der Waals surface area (Å²) < 4.78 is 2.16. The normalized spacial score (nSPS) is 24.4. The quantitative estimate of drug-likeness (QED) is 0.837. The summed E-state index contributed by atoms with van der Waals surface area (Å²) in [7, 11) is 0. The molecule has 2 heterocycles. The summed E-state index contributed by atoms with van der Waals surface area (Å²) in [6.45, 7) is 4.92. The van der Waals surface area contributed by atoms with Crippen LogP contribution in [0.4, 0.5) is 0 Å². The Morgan fingerprint density at radius 2 is 2.12 bits per heavy atom. The van der Waals surface area contributed by atoms with Gasteiger partial charge in [0.1, 0.15) is 0 Å². The number of fused-ring (bicyclic) bond motifs is 1. The van der Waals surface area contributed by atoms with Crippen LogP contribution in [0.15, 0.2) is 18.2 Å². The van der Waals surface area contributed by atoms with E-state index in [0.29, 0.717) is 6.54 Å². The fourth-order valence-electron chi connectivity index (χ4n) is 4.21. The third kappa shape index (κ3) is 4.14. The van der Waals surface area contributed by atoms with Crippen molar-refractivity contribution in [2.75, 3.05) is 13.1 Å². The standard InChI is InChI=1S/C20H30N4O/c25-20(17-8-4-9-17)21-13-18-12-19-15-23(10-5-11-24(19)22-18)14-16-6-2-1-3-7-16/h1-2,12,16-17H,3-11,13-15H2,(H,21,25)/t16-/m0/s1. The molecule has 0 saturated heterocycles. The molecule has 136 valence electrons. The highest BCUT2D eigenvalue weighted by Gasteiger charge is 2.25. The highest BCUT2D eigenvalue weighted by atomic mass is 16.1. The van der Waals surface area contributed by atoms with Gasteiger partial charge < -0.3 is 5.32 Å². The molecular formula is C20H30N4O. The molecule has 1 fully saturated rings. The van der Waals surface area contributed by atoms with Crippen molar-refractivity contribution in [3.05, 3.63) is 29.6 Å². The maximum atomic E-state index is 12.0. The Morgan fingerprint density at radius 3 is 2.88 bits per heavy atom. The van der Waals surface area contributed by atoms with Crippen molar-refractivity contribution < 1.29 is 4.79 Å². The number of carbonyl (C=O) groups is 1. The van der Waals surface area contributed by atoms with Crippen molar-refractivity contribution in [2.45, 2.75) is 64.6 Å². The van der Waals surface area contributed by atoms with E-state index in [1.54, 1.807) is 0 Å². The molecule has 1 N–H and O–H groups in total. The molecule has 4 rings (SSSR count). The topological polar surface area (TPSA) is 50.2 Å². The molecule has 1 atom stereocenters. The van der Waals surface area contributed by atoms with E-state index in [1.165, 1.54) is 37.9 Å². The lowest BCUT2D eigenvalue weighted by molar-refractivity contribution is -0.127. The first-order chi connectivity index (χ1) is 12.3. The predicted molar refractivity (Wildman–Crippen MR) is 97.8 cm³/mol. The fraction of sp³-hybridized carbons (Fsp3) is 0.700. The molecule has 2 aliphatic carbocycles. The molecule has 1 saturated carbocycles. The number of rotatable bonds is 5. The van der Waals surface area contributed by atoms with Crippen LogP contribution in [0.25, 0.3) is 0 Å². The highest BCUT2D eigenvalue weighted by molar-refractivity contribution is 5.79. The largest absolute Gasteiger partial charge is 0.350 e. The molecule has 1 aliphatic heterocycles. The SMILES string of the molecule is O=C(NCc1cc2n(n1)CCCN(C[C@H]1CC=CCC1)C2)C1CCC1. The second kappa shape index (κ2) is 7.73. The molecule has 25 heavy (non-hydrogen) atoms. The van der Waals surface area contributed by atoms with Crippen molar-refractivity contribution in [3.8, 4) is 0 Å². The van der Waals surface area contributed by atoms with E-state index in [2.05, 4.69) is 33.1 Å². The van der Waals surface area contributed by atoms with E-state index >= 15 is 0 Å². The summed E-state index contributed by atoms with van der Waals surface area (Å²) in [5, 5.41) is 7.80. The lowest BCUT2D eigenvalue weighted by Gasteiger charge is -2.26. The van der Waals surface area contributed by atoms with Gasteiger partial charge in [-0.1, -0.05) is 18.6 Å². The zero-order valence-electron chi connectivity index (χ0n) is 15.1. The van der Waals surface area contributed by atoms with Gasteiger partial charge >= 0.3 is 0 Å². The summed E-state index contributed by atoms with van der Waals surface area (Å²) in [4.78, 5) is 14.6. The van der Waals surface area contributed by atoms with E-state index in [0.717, 1.165) is 50.5 Å². The van der Waals surface area contributed by atoms with Crippen LogP contribution in [0.1, 0.15) is 56.3 Å². The molecule has 0 bridgehead atoms. The minimum absolute atomic E-state index is 0.210. The maximum absolute atomic E-state index is 12.0. The number of nitrogens with one attached hydrogen (secondary N) is 1. The minimum Gasteiger partial charge on any atom is -0.350 e. The second-order valence-electron chi connectivity index (χ2n) is 7.93. The van der Waals surface area contributed by atoms with Crippen LogP contribution in [-0.4, -0.2) is 33.7 Å². The molecule has 1 amide bonds. The lowest BCUT2D eigenvalue weighted by Crippen LogP contribution is -2.34. The predicted octanol–water partition coefficient (Wildman–Crippen LogP) is 2.86. The summed E-state index contributed by atoms with van der Waals surface area (Å²) >= 11 is 0. The van der Waals surface area contributed by atoms with Crippen LogP contribution in [0.5, 0.6) is 0 Å². The van der Waals surface area contributed by atoms with Gasteiger partial charge in [0.15, 0.2) is 0 Å². The van der Waals surface area contributed by atoms with Crippen molar-refractivity contribution >= 4 is 5.91 Å². The van der Waals surface area contributed by atoms with E-state index in [-0.39, 0.29) is 11.8 Å². The Kier molecular flexibility index (Phi) is 5.20. The van der Waals surface area contributed by atoms with Gasteiger partial charge in [0.2, 0.25) is 5.91 Å². The summed E-state index contributed by atoms with van der Waals surface area (Å²) in [5.74, 6) is 1.27. The average molecular weight is 342 g/mol. The maximum Gasteiger partial charge on any atom is 0.223 e. The smallest absolute Gasteiger partial charge is 0.223 e. The number of hydrogen-bond donors (Lipinski definition) is 1. The summed E-state index contributed by atoms with van der Waals surface area (Å²) in [6, 6.07) is 2.19. The first-order valence-corrected chi connectivity index (χ1v) is 9.98. The van der Waals surface area contributed by atoms with Gasteiger partial charge in [-0.15, -0.1) is 0 Å². The van der Waals surface area contributed by atoms with Crippen LogP contribution in [0.3, 0.4) is 0 Å². The number of nitrogens with zero attached hydrogens (tertiary/aromatic N) is 3. The first-order valence-electron chi connectivity index (χ1n) is 9.98. The average Bonchev–Trinajstić information content (AvgIpc) is 2.85. The van der Waals surface area contributed by atoms with Gasteiger partial charge in [-0.05, 0) is 50.5 Å². The third-order valence-electron chi connectivity index (χ3n) is 5.96. The van der Waals surface area contributed by atoms with Gasteiger partial charge in [-0.2, -0.15) is 5.10 Å². The molecule has 0 unspecified atom stereocenters. The van der Waals surface area contributed by atoms with Gasteiger partial charge in [0.25, 0.3) is 0 Å². The molecule has 0 radical (unpaired) electrons. The zero-order chi connectivity index (χ0) is 17.1. The van der Waals surface area contributed by atoms with Crippen molar-refractivity contribution in [2.24, 2.45) is 11.8 Å². The molecule has 5 nitrogen and oxygen atoms in total. The Morgan fingerprint density at radius 1 is 1.20 bits per heavy atom. The Bertz CT molecular complexity index is 632. The van der Waals surface area contributed by atoms with Crippen molar-refractivity contribution in [1.82, 2.24) is 20.0 Å². The van der Waals surface area contributed by atoms with Crippen LogP contribution in [0, 0.1) is 11.8 Å². The van der Waals surface area contributed by atoms with E-state index < -0.39 is 0 Å². The molecule has 1 aromatic heterocycles. The van der Waals surface area contributed by atoms with Gasteiger partial charge in [-0.25, -0.2) is 0 Å². The summed E-state index contributed by atoms with van der Waals surface area (Å²) in [6.07, 6.45) is 12.9. The van der Waals surface area contributed by atoms with Crippen LogP contribution in [0.2, 0.25) is 0 Å². The second-order valence-corrected chi connectivity index (χ2v) is 7.93. The van der Waals surface area contributed by atoms with Crippen LogP contribution in [-0.2, 0) is 24.4 Å². The number of hydrogen-bond acceptors (Lipinski definition) is 3. The highest BCUT2D eigenvalue weighted by Crippen LogP contribution is 2.26. The van der Waals surface area contributed by atoms with E-state index in [9.17, 15) is 4.79 Å². The Balaban J connectivity index is 1.33. The molecule has 1 aromatic rings. The number of amides is 1. The molecule has 3 aliphatic rings. The zero-order valence-corrected chi connectivity index (χ0v) is 15.1. The van der Waals surface area contributed by atoms with Crippen molar-refractivity contribution in [3.63, 3.8) is 0 Å². The number of allylic oxidation sites excluding steroid dienone is 2. The molecule has 0 aromatic carbocycles. The molecule has 0 spiro atoms. The molecule has 5 heteroatoms. The van der Waals surface area contributed by atoms with Gasteiger partial charge in [0.05, 0.1) is 17.9 Å². The number of carbonyl (C=O) groups excluding carboxylic acids is 1. The fourth-order valence-corrected chi connectivity index (χ4v) is 4.21. The van der Waals surface area contributed by atoms with Crippen molar-refractivity contribution in [1.29, 1.82) is 0 Å². The van der Waals surface area contributed by atoms with Crippen LogP contribution < -0.4 is 5.32 Å². The first kappa shape index (κ1) is 16.8. The number of aromatic nitrogens is 2. The monoisotopic (exact) mass is 342 g/mol. The van der Waals surface area contributed by atoms with E-state index in [4.69, 9.17) is 5.10 Å². The minimum atomic E-state index is 0.210.